The van der Waals surface area contributed by atoms with Gasteiger partial charge in [-0.25, -0.2) is 13.2 Å². The first-order valence-electron chi connectivity index (χ1n) is 14.7. The fraction of sp³-hybridized carbons (Fsp3) is 0.531. The maximum absolute atomic E-state index is 13.9. The average Bonchev–Trinajstić information content (AvgIpc) is 3.48. The summed E-state index contributed by atoms with van der Waals surface area (Å²) in [7, 11) is -3.34. The van der Waals surface area contributed by atoms with Crippen molar-refractivity contribution in [2.75, 3.05) is 32.4 Å². The SMILES string of the molecule is CC(C)(C)CC(=O)C([C@@H]1CNC[C@@H]1c1ccccc1)N1CCC2(CC1)NC(=O)N(Cc1ccc(S(C)(=O)=O)cc1)C2=O.Cl. The van der Waals surface area contributed by atoms with E-state index >= 15 is 0 Å². The number of piperidine rings is 1. The largest absolute Gasteiger partial charge is 0.325 e. The van der Waals surface area contributed by atoms with Crippen LogP contribution < -0.4 is 10.6 Å². The van der Waals surface area contributed by atoms with Crippen molar-refractivity contribution in [2.24, 2.45) is 11.3 Å². The number of nitrogens with zero attached hydrogens (tertiary/aromatic N) is 2. The molecule has 1 unspecified atom stereocenters. The van der Waals surface area contributed by atoms with Gasteiger partial charge in [0.25, 0.3) is 5.91 Å². The van der Waals surface area contributed by atoms with Gasteiger partial charge in [-0.1, -0.05) is 63.2 Å². The minimum absolute atomic E-state index is 0. The molecule has 2 aromatic carbocycles. The first-order chi connectivity index (χ1) is 19.8. The number of hydrogen-bond acceptors (Lipinski definition) is 7. The van der Waals surface area contributed by atoms with Gasteiger partial charge in [0, 0.05) is 50.7 Å². The highest BCUT2D eigenvalue weighted by atomic mass is 35.5. The Morgan fingerprint density at radius 1 is 1.00 bits per heavy atom. The Morgan fingerprint density at radius 3 is 2.21 bits per heavy atom. The molecule has 3 fully saturated rings. The van der Waals surface area contributed by atoms with E-state index in [1.165, 1.54) is 22.6 Å². The van der Waals surface area contributed by atoms with Gasteiger partial charge in [0.1, 0.15) is 5.54 Å². The molecular weight excluding hydrogens is 588 g/mol. The molecule has 0 radical (unpaired) electrons. The van der Waals surface area contributed by atoms with E-state index in [1.54, 1.807) is 12.1 Å². The number of sulfone groups is 1. The van der Waals surface area contributed by atoms with Crippen LogP contribution in [0, 0.1) is 11.3 Å². The van der Waals surface area contributed by atoms with Crippen molar-refractivity contribution in [3.05, 3.63) is 65.7 Å². The van der Waals surface area contributed by atoms with E-state index in [1.807, 2.05) is 18.2 Å². The van der Waals surface area contributed by atoms with Crippen molar-refractivity contribution in [3.63, 3.8) is 0 Å². The van der Waals surface area contributed by atoms with Crippen LogP contribution in [-0.2, 0) is 26.0 Å². The topological polar surface area (TPSA) is 116 Å². The number of imide groups is 1. The molecule has 3 amide bonds. The maximum Gasteiger partial charge on any atom is 0.325 e. The summed E-state index contributed by atoms with van der Waals surface area (Å²) < 4.78 is 23.6. The summed E-state index contributed by atoms with van der Waals surface area (Å²) in [6.07, 6.45) is 2.47. The fourth-order valence-electron chi connectivity index (χ4n) is 6.80. The van der Waals surface area contributed by atoms with E-state index in [4.69, 9.17) is 0 Å². The molecule has 0 saturated carbocycles. The predicted molar refractivity (Wildman–Crippen MR) is 168 cm³/mol. The Morgan fingerprint density at radius 2 is 1.63 bits per heavy atom. The Balaban J connectivity index is 0.00000423. The van der Waals surface area contributed by atoms with Crippen molar-refractivity contribution in [1.29, 1.82) is 0 Å². The van der Waals surface area contributed by atoms with Crippen molar-refractivity contribution in [2.45, 2.75) is 69.0 Å². The molecule has 43 heavy (non-hydrogen) atoms. The Bertz CT molecular complexity index is 1430. The van der Waals surface area contributed by atoms with Gasteiger partial charge >= 0.3 is 6.03 Å². The van der Waals surface area contributed by atoms with Gasteiger partial charge < -0.3 is 10.6 Å². The Hall–Kier alpha value is -2.79. The number of carbonyl (C=O) groups is 3. The molecule has 3 aliphatic rings. The molecule has 1 spiro atoms. The number of benzene rings is 2. The van der Waals surface area contributed by atoms with E-state index in [0.29, 0.717) is 37.9 Å². The molecule has 234 valence electrons. The Kier molecular flexibility index (Phi) is 9.76. The molecule has 9 nitrogen and oxygen atoms in total. The number of likely N-dealkylation sites (tertiary alicyclic amines) is 1. The lowest BCUT2D eigenvalue weighted by Crippen LogP contribution is -2.59. The van der Waals surface area contributed by atoms with Crippen LogP contribution in [0.25, 0.3) is 0 Å². The number of Topliss-reactive ketones (excluding diaryl/α,β-unsaturated/α-hetero) is 1. The number of nitrogens with one attached hydrogen (secondary N) is 2. The van der Waals surface area contributed by atoms with E-state index in [2.05, 4.69) is 48.4 Å². The second-order valence-corrected chi connectivity index (χ2v) is 15.4. The van der Waals surface area contributed by atoms with Crippen molar-refractivity contribution in [1.82, 2.24) is 20.4 Å². The van der Waals surface area contributed by atoms with Crippen molar-refractivity contribution in [3.8, 4) is 0 Å². The number of amides is 3. The first kappa shape index (κ1) is 33.1. The summed E-state index contributed by atoms with van der Waals surface area (Å²) in [6.45, 7) is 8.96. The van der Waals surface area contributed by atoms with Crippen LogP contribution >= 0.6 is 12.4 Å². The molecule has 0 aliphatic carbocycles. The Labute approximate surface area is 261 Å². The van der Waals surface area contributed by atoms with Crippen LogP contribution in [0.4, 0.5) is 4.79 Å². The lowest BCUT2D eigenvalue weighted by Gasteiger charge is -2.44. The molecule has 2 N–H and O–H groups in total. The second-order valence-electron chi connectivity index (χ2n) is 13.3. The number of urea groups is 1. The lowest BCUT2D eigenvalue weighted by molar-refractivity contribution is -0.134. The van der Waals surface area contributed by atoms with Crippen LogP contribution in [0.3, 0.4) is 0 Å². The van der Waals surface area contributed by atoms with Crippen LogP contribution in [-0.4, -0.2) is 80.0 Å². The zero-order valence-corrected chi connectivity index (χ0v) is 27.0. The van der Waals surface area contributed by atoms with E-state index in [-0.39, 0.29) is 58.8 Å². The molecule has 3 heterocycles. The highest BCUT2D eigenvalue weighted by molar-refractivity contribution is 7.90. The summed E-state index contributed by atoms with van der Waals surface area (Å²) in [5, 5.41) is 6.50. The third-order valence-corrected chi connectivity index (χ3v) is 10.0. The molecular formula is C32H43ClN4O5S. The molecule has 3 atom stereocenters. The summed E-state index contributed by atoms with van der Waals surface area (Å²) in [5.41, 5.74) is 0.766. The van der Waals surface area contributed by atoms with Crippen LogP contribution in [0.15, 0.2) is 59.5 Å². The average molecular weight is 631 g/mol. The molecule has 0 aromatic heterocycles. The minimum Gasteiger partial charge on any atom is -0.323 e. The van der Waals surface area contributed by atoms with Crippen molar-refractivity contribution >= 4 is 40.0 Å². The molecule has 3 saturated heterocycles. The number of ketones is 1. The lowest BCUT2D eigenvalue weighted by atomic mass is 9.76. The third-order valence-electron chi connectivity index (χ3n) is 8.91. The predicted octanol–water partition coefficient (Wildman–Crippen LogP) is 3.78. The van der Waals surface area contributed by atoms with Crippen LogP contribution in [0.1, 0.15) is 57.1 Å². The highest BCUT2D eigenvalue weighted by Crippen LogP contribution is 2.38. The number of rotatable bonds is 8. The van der Waals surface area contributed by atoms with Crippen LogP contribution in [0.5, 0.6) is 0 Å². The third kappa shape index (κ3) is 7.14. The van der Waals surface area contributed by atoms with E-state index < -0.39 is 21.4 Å². The molecule has 2 aromatic rings. The molecule has 3 aliphatic heterocycles. The van der Waals surface area contributed by atoms with Gasteiger partial charge in [-0.15, -0.1) is 12.4 Å². The fourth-order valence-corrected chi connectivity index (χ4v) is 7.43. The van der Waals surface area contributed by atoms with Gasteiger partial charge in [-0.2, -0.15) is 0 Å². The summed E-state index contributed by atoms with van der Waals surface area (Å²) in [5.74, 6) is 0.292. The zero-order chi connectivity index (χ0) is 30.3. The van der Waals surface area contributed by atoms with Gasteiger partial charge in [0.05, 0.1) is 17.5 Å². The molecule has 11 heteroatoms. The summed E-state index contributed by atoms with van der Waals surface area (Å²) in [6, 6.07) is 15.9. The quantitative estimate of drug-likeness (QED) is 0.427. The monoisotopic (exact) mass is 630 g/mol. The molecule has 5 rings (SSSR count). The standard InChI is InChI=1S/C32H42N4O5S.ClH/c1-31(2,3)18-27(37)28(26-20-33-19-25(26)23-8-6-5-7-9-23)35-16-14-32(15-17-35)29(38)36(30(39)34-32)21-22-10-12-24(13-11-22)42(4,40)41;/h5-13,25-26,28,33H,14-21H2,1-4H3,(H,34,39);1H/t25-,26-,28?;/m1./s1. The maximum atomic E-state index is 13.9. The molecule has 0 bridgehead atoms. The van der Waals surface area contributed by atoms with Gasteiger partial charge in [-0.05, 0) is 41.5 Å². The summed E-state index contributed by atoms with van der Waals surface area (Å²) in [4.78, 5) is 44.3. The van der Waals surface area contributed by atoms with E-state index in [0.717, 1.165) is 19.3 Å². The zero-order valence-electron chi connectivity index (χ0n) is 25.3. The van der Waals surface area contributed by atoms with Crippen LogP contribution in [0.2, 0.25) is 0 Å². The van der Waals surface area contributed by atoms with Gasteiger partial charge in [0.2, 0.25) is 0 Å². The number of halogens is 1. The van der Waals surface area contributed by atoms with Crippen molar-refractivity contribution < 1.29 is 22.8 Å². The summed E-state index contributed by atoms with van der Waals surface area (Å²) >= 11 is 0. The second kappa shape index (κ2) is 12.7. The smallest absolute Gasteiger partial charge is 0.323 e. The number of carbonyl (C=O) groups excluding carboxylic acids is 3. The van der Waals surface area contributed by atoms with Gasteiger partial charge in [-0.3, -0.25) is 19.4 Å². The minimum atomic E-state index is -3.34. The first-order valence-corrected chi connectivity index (χ1v) is 16.6. The van der Waals surface area contributed by atoms with E-state index in [9.17, 15) is 22.8 Å². The number of hydrogen-bond donors (Lipinski definition) is 2. The highest BCUT2D eigenvalue weighted by Gasteiger charge is 2.54. The normalized spacial score (nSPS) is 23.2. The van der Waals surface area contributed by atoms with Gasteiger partial charge in [0.15, 0.2) is 15.6 Å².